The van der Waals surface area contributed by atoms with Crippen LogP contribution in [0.2, 0.25) is 0 Å². The maximum absolute atomic E-state index is 12.3. The molecule has 2 aromatic rings. The molecule has 3 rings (SSSR count). The minimum atomic E-state index is -0.778. The van der Waals surface area contributed by atoms with Crippen LogP contribution in [-0.2, 0) is 9.59 Å². The summed E-state index contributed by atoms with van der Waals surface area (Å²) in [5, 5.41) is 11.8. The van der Waals surface area contributed by atoms with Crippen molar-refractivity contribution >= 4 is 17.6 Å². The van der Waals surface area contributed by atoms with Gasteiger partial charge >= 0.3 is 5.97 Å². The molecule has 0 spiro atoms. The second-order valence-corrected chi connectivity index (χ2v) is 7.85. The first-order valence-electron chi connectivity index (χ1n) is 10.5. The number of hydrogen-bond acceptors (Lipinski definition) is 5. The van der Waals surface area contributed by atoms with Crippen molar-refractivity contribution in [1.82, 2.24) is 4.98 Å². The minimum absolute atomic E-state index is 0.130. The number of carboxylic acids is 1. The molecule has 0 saturated heterocycles. The molecule has 1 aliphatic carbocycles. The van der Waals surface area contributed by atoms with Gasteiger partial charge < -0.3 is 19.9 Å². The molecule has 1 heterocycles. The molecule has 31 heavy (non-hydrogen) atoms. The minimum Gasteiger partial charge on any atom is -0.481 e. The van der Waals surface area contributed by atoms with Crippen molar-refractivity contribution in [3.05, 3.63) is 48.0 Å². The molecule has 0 radical (unpaired) electrons. The van der Waals surface area contributed by atoms with Crippen LogP contribution in [0.1, 0.15) is 51.0 Å². The first-order valence-corrected chi connectivity index (χ1v) is 10.5. The largest absolute Gasteiger partial charge is 0.481 e. The van der Waals surface area contributed by atoms with Crippen LogP contribution in [0.5, 0.6) is 11.8 Å². The number of carbonyl (C=O) groups excluding carboxylic acids is 1. The molecule has 168 valence electrons. The number of nitrogens with zero attached hydrogens (tertiary/aromatic N) is 1. The van der Waals surface area contributed by atoms with Crippen molar-refractivity contribution < 1.29 is 24.2 Å². The van der Waals surface area contributed by atoms with Crippen molar-refractivity contribution in [2.45, 2.75) is 45.4 Å². The number of nitrogens with one attached hydrogen (secondary N) is 1. The first-order chi connectivity index (χ1) is 14.8. The predicted molar refractivity (Wildman–Crippen MR) is 120 cm³/mol. The Balaban J connectivity index is 0.000000316. The number of carbonyl (C=O) groups is 2. The van der Waals surface area contributed by atoms with Crippen LogP contribution >= 0.6 is 0 Å². The third-order valence-corrected chi connectivity index (χ3v) is 5.41. The van der Waals surface area contributed by atoms with Crippen LogP contribution in [-0.4, -0.2) is 36.2 Å². The van der Waals surface area contributed by atoms with E-state index in [1.54, 1.807) is 12.1 Å². The lowest BCUT2D eigenvalue weighted by Crippen LogP contribution is -2.29. The second-order valence-electron chi connectivity index (χ2n) is 7.85. The zero-order valence-electron chi connectivity index (χ0n) is 18.6. The fourth-order valence-electron chi connectivity index (χ4n) is 3.46. The van der Waals surface area contributed by atoms with Crippen molar-refractivity contribution in [1.29, 1.82) is 0 Å². The molecule has 7 nitrogen and oxygen atoms in total. The van der Waals surface area contributed by atoms with Crippen LogP contribution < -0.4 is 14.8 Å². The van der Waals surface area contributed by atoms with Gasteiger partial charge in [0.05, 0.1) is 20.1 Å². The van der Waals surface area contributed by atoms with Gasteiger partial charge in [-0.3, -0.25) is 9.59 Å². The summed E-state index contributed by atoms with van der Waals surface area (Å²) < 4.78 is 10.1. The van der Waals surface area contributed by atoms with Crippen molar-refractivity contribution in [3.63, 3.8) is 0 Å². The number of rotatable bonds is 6. The average molecular weight is 429 g/mol. The lowest BCUT2D eigenvalue weighted by Gasteiger charge is -2.25. The smallest absolute Gasteiger partial charge is 0.306 e. The lowest BCUT2D eigenvalue weighted by molar-refractivity contribution is -0.143. The second kappa shape index (κ2) is 11.9. The number of anilines is 1. The molecule has 0 aliphatic heterocycles. The number of methoxy groups -OCH3 is 2. The molecule has 1 aromatic heterocycles. The van der Waals surface area contributed by atoms with Gasteiger partial charge in [-0.15, -0.1) is 0 Å². The molecule has 0 bridgehead atoms. The number of aromatic nitrogens is 1. The molecule has 1 aromatic carbocycles. The number of amides is 1. The van der Waals surface area contributed by atoms with Crippen LogP contribution in [0.15, 0.2) is 42.5 Å². The Kier molecular flexibility index (Phi) is 9.31. The molecule has 2 N–H and O–H groups in total. The monoisotopic (exact) mass is 428 g/mol. The van der Waals surface area contributed by atoms with E-state index in [2.05, 4.69) is 48.4 Å². The Hall–Kier alpha value is -3.09. The van der Waals surface area contributed by atoms with Gasteiger partial charge in [0.15, 0.2) is 0 Å². The Morgan fingerprint density at radius 1 is 0.968 bits per heavy atom. The van der Waals surface area contributed by atoms with Crippen molar-refractivity contribution in [3.8, 4) is 11.8 Å². The van der Waals surface area contributed by atoms with Gasteiger partial charge in [0.25, 0.3) is 0 Å². The van der Waals surface area contributed by atoms with E-state index in [1.807, 2.05) is 6.07 Å². The fourth-order valence-corrected chi connectivity index (χ4v) is 3.46. The summed E-state index contributed by atoms with van der Waals surface area (Å²) in [4.78, 5) is 27.3. The Morgan fingerprint density at radius 2 is 1.58 bits per heavy atom. The van der Waals surface area contributed by atoms with Gasteiger partial charge in [-0.05, 0) is 43.2 Å². The number of hydrogen-bond donors (Lipinski definition) is 2. The van der Waals surface area contributed by atoms with Gasteiger partial charge in [0.1, 0.15) is 5.69 Å². The van der Waals surface area contributed by atoms with Gasteiger partial charge in [-0.25, -0.2) is 0 Å². The number of carboxylic acid groups (broad SMARTS) is 1. The van der Waals surface area contributed by atoms with E-state index < -0.39 is 5.97 Å². The number of ether oxygens (including phenoxy) is 2. The van der Waals surface area contributed by atoms with Crippen LogP contribution in [0, 0.1) is 11.8 Å². The Bertz CT molecular complexity index is 846. The predicted octanol–water partition coefficient (Wildman–Crippen LogP) is 4.74. The molecular weight excluding hydrogens is 396 g/mol. The summed E-state index contributed by atoms with van der Waals surface area (Å²) in [5.41, 5.74) is 1.89. The average Bonchev–Trinajstić information content (AvgIpc) is 2.80. The molecule has 0 atom stereocenters. The van der Waals surface area contributed by atoms with E-state index in [1.165, 1.54) is 19.8 Å². The normalized spacial score (nSPS) is 17.8. The summed E-state index contributed by atoms with van der Waals surface area (Å²) in [6.07, 6.45) is 2.22. The topological polar surface area (TPSA) is 97.8 Å². The standard InChI is InChI=1S/C15H20N2O5.C9H12/c1-21-12-8-7-11(14(17-12)22-2)16-13(18)9-3-5-10(6-4-9)15(19)20;1-8(2)9-6-4-3-5-7-9/h7-10H,3-6H2,1-2H3,(H,16,18)(H,19,20);3-8H,1-2H3. The summed E-state index contributed by atoms with van der Waals surface area (Å²) in [7, 11) is 2.97. The highest BCUT2D eigenvalue weighted by atomic mass is 16.5. The quantitative estimate of drug-likeness (QED) is 0.690. The van der Waals surface area contributed by atoms with Crippen molar-refractivity contribution in [2.75, 3.05) is 19.5 Å². The first kappa shape index (κ1) is 24.2. The molecular formula is C24H32N2O5. The molecule has 0 unspecified atom stereocenters. The van der Waals surface area contributed by atoms with E-state index in [9.17, 15) is 9.59 Å². The summed E-state index contributed by atoms with van der Waals surface area (Å²) >= 11 is 0. The maximum Gasteiger partial charge on any atom is 0.306 e. The lowest BCUT2D eigenvalue weighted by atomic mass is 9.81. The zero-order chi connectivity index (χ0) is 22.8. The number of benzene rings is 1. The summed E-state index contributed by atoms with van der Waals surface area (Å²) in [6.45, 7) is 4.41. The van der Waals surface area contributed by atoms with Gasteiger partial charge in [-0.1, -0.05) is 44.2 Å². The Labute approximate surface area is 183 Å². The van der Waals surface area contributed by atoms with E-state index in [0.29, 0.717) is 43.2 Å². The van der Waals surface area contributed by atoms with Crippen LogP contribution in [0.25, 0.3) is 0 Å². The molecule has 7 heteroatoms. The molecule has 1 fully saturated rings. The van der Waals surface area contributed by atoms with E-state index in [4.69, 9.17) is 14.6 Å². The van der Waals surface area contributed by atoms with Crippen LogP contribution in [0.3, 0.4) is 0 Å². The van der Waals surface area contributed by atoms with Crippen LogP contribution in [0.4, 0.5) is 5.69 Å². The third kappa shape index (κ3) is 7.27. The van der Waals surface area contributed by atoms with Gasteiger partial charge in [0, 0.05) is 12.0 Å². The number of aliphatic carboxylic acids is 1. The SMILES string of the molecule is CC(C)c1ccccc1.COc1ccc(NC(=O)C2CCC(C(=O)O)CC2)c(OC)n1. The molecule has 1 aliphatic rings. The van der Waals surface area contributed by atoms with E-state index in [-0.39, 0.29) is 23.6 Å². The zero-order valence-corrected chi connectivity index (χ0v) is 18.6. The van der Waals surface area contributed by atoms with E-state index >= 15 is 0 Å². The fraction of sp³-hybridized carbons (Fsp3) is 0.458. The van der Waals surface area contributed by atoms with Gasteiger partial charge in [-0.2, -0.15) is 4.98 Å². The highest BCUT2D eigenvalue weighted by molar-refractivity contribution is 5.93. The number of pyridine rings is 1. The summed E-state index contributed by atoms with van der Waals surface area (Å²) in [5.74, 6) is -0.0763. The van der Waals surface area contributed by atoms with Gasteiger partial charge in [0.2, 0.25) is 17.7 Å². The van der Waals surface area contributed by atoms with E-state index in [0.717, 1.165) is 0 Å². The molecule has 1 amide bonds. The highest BCUT2D eigenvalue weighted by Gasteiger charge is 2.30. The third-order valence-electron chi connectivity index (χ3n) is 5.41. The Morgan fingerprint density at radius 3 is 2.06 bits per heavy atom. The maximum atomic E-state index is 12.3. The molecule has 1 saturated carbocycles. The summed E-state index contributed by atoms with van der Waals surface area (Å²) in [6, 6.07) is 13.8. The highest BCUT2D eigenvalue weighted by Crippen LogP contribution is 2.31. The van der Waals surface area contributed by atoms with Crippen molar-refractivity contribution in [2.24, 2.45) is 11.8 Å².